The highest BCUT2D eigenvalue weighted by Gasteiger charge is 2.07. The van der Waals surface area contributed by atoms with Crippen LogP contribution in [0.15, 0.2) is 41.4 Å². The molecule has 0 spiro atoms. The van der Waals surface area contributed by atoms with Gasteiger partial charge in [-0.05, 0) is 36.2 Å². The van der Waals surface area contributed by atoms with Gasteiger partial charge in [-0.15, -0.1) is 0 Å². The average molecular weight is 358 g/mol. The SMILES string of the molecule is CN=C(NCc1ccc(N(C)C)c(F)c1)NCc1ccc(C)cc1OC. The summed E-state index contributed by atoms with van der Waals surface area (Å²) in [5.74, 6) is 1.25. The minimum Gasteiger partial charge on any atom is -0.496 e. The van der Waals surface area contributed by atoms with Crippen molar-refractivity contribution in [2.75, 3.05) is 33.2 Å². The fourth-order valence-corrected chi connectivity index (χ4v) is 2.61. The van der Waals surface area contributed by atoms with E-state index in [0.717, 1.165) is 22.4 Å². The van der Waals surface area contributed by atoms with Crippen LogP contribution in [0.5, 0.6) is 5.75 Å². The third-order valence-electron chi connectivity index (χ3n) is 4.07. The molecule has 0 saturated heterocycles. The molecule has 26 heavy (non-hydrogen) atoms. The third kappa shape index (κ3) is 5.12. The number of aliphatic imine (C=N–C) groups is 1. The van der Waals surface area contributed by atoms with E-state index in [9.17, 15) is 4.39 Å². The smallest absolute Gasteiger partial charge is 0.191 e. The summed E-state index contributed by atoms with van der Waals surface area (Å²) in [5, 5.41) is 6.45. The first kappa shape index (κ1) is 19.6. The van der Waals surface area contributed by atoms with Crippen molar-refractivity contribution >= 4 is 11.6 Å². The molecule has 6 heteroatoms. The molecule has 0 aliphatic rings. The summed E-state index contributed by atoms with van der Waals surface area (Å²) in [7, 11) is 7.01. The van der Waals surface area contributed by atoms with Gasteiger partial charge in [0.2, 0.25) is 0 Å². The van der Waals surface area contributed by atoms with Crippen molar-refractivity contribution in [3.8, 4) is 5.75 Å². The normalized spacial score (nSPS) is 11.2. The third-order valence-corrected chi connectivity index (χ3v) is 4.07. The van der Waals surface area contributed by atoms with E-state index >= 15 is 0 Å². The molecule has 2 aromatic rings. The molecule has 0 fully saturated rings. The molecular weight excluding hydrogens is 331 g/mol. The lowest BCUT2D eigenvalue weighted by Gasteiger charge is -2.16. The van der Waals surface area contributed by atoms with Crippen LogP contribution in [0.3, 0.4) is 0 Å². The minimum atomic E-state index is -0.235. The molecule has 0 bridgehead atoms. The first-order chi connectivity index (χ1) is 12.4. The highest BCUT2D eigenvalue weighted by molar-refractivity contribution is 5.79. The quantitative estimate of drug-likeness (QED) is 0.615. The number of methoxy groups -OCH3 is 1. The Morgan fingerprint density at radius 2 is 1.85 bits per heavy atom. The predicted octanol–water partition coefficient (Wildman–Crippen LogP) is 3.07. The van der Waals surface area contributed by atoms with E-state index < -0.39 is 0 Å². The molecule has 0 aromatic heterocycles. The molecule has 0 radical (unpaired) electrons. The number of anilines is 1. The molecule has 0 saturated carbocycles. The van der Waals surface area contributed by atoms with Gasteiger partial charge in [-0.1, -0.05) is 18.2 Å². The van der Waals surface area contributed by atoms with Crippen molar-refractivity contribution in [1.82, 2.24) is 10.6 Å². The van der Waals surface area contributed by atoms with E-state index in [0.29, 0.717) is 24.7 Å². The standard InChI is InChI=1S/C20H27FN4O/c1-14-6-8-16(19(10-14)26-5)13-24-20(22-2)23-12-15-7-9-18(25(3)4)17(21)11-15/h6-11H,12-13H2,1-5H3,(H2,22,23,24). The van der Waals surface area contributed by atoms with Gasteiger partial charge < -0.3 is 20.3 Å². The molecule has 2 N–H and O–H groups in total. The van der Waals surface area contributed by atoms with Gasteiger partial charge in [0.1, 0.15) is 11.6 Å². The van der Waals surface area contributed by atoms with E-state index in [2.05, 4.69) is 15.6 Å². The first-order valence-electron chi connectivity index (χ1n) is 8.48. The Morgan fingerprint density at radius 3 is 2.46 bits per heavy atom. The van der Waals surface area contributed by atoms with Crippen LogP contribution in [0.2, 0.25) is 0 Å². The Morgan fingerprint density at radius 1 is 1.12 bits per heavy atom. The number of rotatable bonds is 6. The van der Waals surface area contributed by atoms with Gasteiger partial charge in [0, 0.05) is 39.8 Å². The van der Waals surface area contributed by atoms with Crippen LogP contribution in [-0.2, 0) is 13.1 Å². The molecule has 0 heterocycles. The summed E-state index contributed by atoms with van der Waals surface area (Å²) < 4.78 is 19.5. The second-order valence-electron chi connectivity index (χ2n) is 6.27. The molecule has 2 aromatic carbocycles. The van der Waals surface area contributed by atoms with Gasteiger partial charge in [0.05, 0.1) is 12.8 Å². The predicted molar refractivity (Wildman–Crippen MR) is 105 cm³/mol. The van der Waals surface area contributed by atoms with Crippen molar-refractivity contribution in [2.45, 2.75) is 20.0 Å². The fraction of sp³-hybridized carbons (Fsp3) is 0.350. The Hall–Kier alpha value is -2.76. The molecule has 0 aliphatic heterocycles. The van der Waals surface area contributed by atoms with E-state index in [1.54, 1.807) is 31.2 Å². The number of hydrogen-bond acceptors (Lipinski definition) is 3. The summed E-state index contributed by atoms with van der Waals surface area (Å²) >= 11 is 0. The van der Waals surface area contributed by atoms with Crippen LogP contribution < -0.4 is 20.3 Å². The van der Waals surface area contributed by atoms with Gasteiger partial charge in [-0.3, -0.25) is 4.99 Å². The zero-order valence-corrected chi connectivity index (χ0v) is 16.1. The van der Waals surface area contributed by atoms with Gasteiger partial charge in [-0.25, -0.2) is 4.39 Å². The molecule has 5 nitrogen and oxygen atoms in total. The van der Waals surface area contributed by atoms with Crippen molar-refractivity contribution < 1.29 is 9.13 Å². The van der Waals surface area contributed by atoms with E-state index in [1.165, 1.54) is 0 Å². The minimum absolute atomic E-state index is 0.235. The summed E-state index contributed by atoms with van der Waals surface area (Å²) in [6.45, 7) is 3.09. The second-order valence-corrected chi connectivity index (χ2v) is 6.27. The van der Waals surface area contributed by atoms with E-state index in [-0.39, 0.29) is 5.82 Å². The number of halogens is 1. The monoisotopic (exact) mass is 358 g/mol. The summed E-state index contributed by atoms with van der Waals surface area (Å²) in [6, 6.07) is 11.3. The van der Waals surface area contributed by atoms with Crippen molar-refractivity contribution in [2.24, 2.45) is 4.99 Å². The molecule has 0 amide bonds. The number of guanidine groups is 1. The summed E-state index contributed by atoms with van der Waals surface area (Å²) in [5.41, 5.74) is 3.62. The van der Waals surface area contributed by atoms with E-state index in [1.807, 2.05) is 45.3 Å². The summed E-state index contributed by atoms with van der Waals surface area (Å²) in [6.07, 6.45) is 0. The zero-order valence-electron chi connectivity index (χ0n) is 16.1. The number of hydrogen-bond donors (Lipinski definition) is 2. The highest BCUT2D eigenvalue weighted by atomic mass is 19.1. The largest absolute Gasteiger partial charge is 0.496 e. The Labute approximate surface area is 154 Å². The average Bonchev–Trinajstić information content (AvgIpc) is 2.62. The van der Waals surface area contributed by atoms with Crippen molar-refractivity contribution in [3.05, 3.63) is 58.9 Å². The van der Waals surface area contributed by atoms with Crippen LogP contribution in [0.25, 0.3) is 0 Å². The van der Waals surface area contributed by atoms with Gasteiger partial charge in [-0.2, -0.15) is 0 Å². The fourth-order valence-electron chi connectivity index (χ4n) is 2.61. The van der Waals surface area contributed by atoms with Crippen molar-refractivity contribution in [3.63, 3.8) is 0 Å². The maximum Gasteiger partial charge on any atom is 0.191 e. The molecule has 0 aliphatic carbocycles. The molecule has 0 atom stereocenters. The lowest BCUT2D eigenvalue weighted by Crippen LogP contribution is -2.36. The maximum absolute atomic E-state index is 14.1. The number of aryl methyl sites for hydroxylation is 1. The van der Waals surface area contributed by atoms with Crippen LogP contribution in [0, 0.1) is 12.7 Å². The topological polar surface area (TPSA) is 48.9 Å². The van der Waals surface area contributed by atoms with Crippen molar-refractivity contribution in [1.29, 1.82) is 0 Å². The van der Waals surface area contributed by atoms with Crippen LogP contribution in [0.1, 0.15) is 16.7 Å². The van der Waals surface area contributed by atoms with Gasteiger partial charge >= 0.3 is 0 Å². The van der Waals surface area contributed by atoms with E-state index in [4.69, 9.17) is 4.74 Å². The van der Waals surface area contributed by atoms with Crippen LogP contribution in [-0.4, -0.2) is 34.2 Å². The van der Waals surface area contributed by atoms with Crippen LogP contribution in [0.4, 0.5) is 10.1 Å². The molecule has 140 valence electrons. The molecule has 2 rings (SSSR count). The molecule has 0 unspecified atom stereocenters. The lowest BCUT2D eigenvalue weighted by atomic mass is 10.1. The maximum atomic E-state index is 14.1. The second kappa shape index (κ2) is 9.08. The number of ether oxygens (including phenoxy) is 1. The zero-order chi connectivity index (χ0) is 19.1. The molecular formula is C20H27FN4O. The number of nitrogens with one attached hydrogen (secondary N) is 2. The van der Waals surface area contributed by atoms with Crippen LogP contribution >= 0.6 is 0 Å². The summed E-state index contributed by atoms with van der Waals surface area (Å²) in [4.78, 5) is 5.96. The number of nitrogens with zero attached hydrogens (tertiary/aromatic N) is 2. The Kier molecular flexibility index (Phi) is 6.83. The van der Waals surface area contributed by atoms with Gasteiger partial charge in [0.15, 0.2) is 5.96 Å². The van der Waals surface area contributed by atoms with Gasteiger partial charge in [0.25, 0.3) is 0 Å². The first-order valence-corrected chi connectivity index (χ1v) is 8.48. The Balaban J connectivity index is 1.95. The number of benzene rings is 2. The highest BCUT2D eigenvalue weighted by Crippen LogP contribution is 2.20. The Bertz CT molecular complexity index is 774. The lowest BCUT2D eigenvalue weighted by molar-refractivity contribution is 0.408.